The lowest BCUT2D eigenvalue weighted by atomic mass is 10.1. The van der Waals surface area contributed by atoms with Gasteiger partial charge in [-0.1, -0.05) is 18.2 Å². The van der Waals surface area contributed by atoms with Gasteiger partial charge in [0.2, 0.25) is 5.91 Å². The third-order valence-corrected chi connectivity index (χ3v) is 3.83. The number of alkyl halides is 3. The molecule has 1 amide bonds. The van der Waals surface area contributed by atoms with E-state index in [0.29, 0.717) is 13.0 Å². The lowest BCUT2D eigenvalue weighted by Gasteiger charge is -2.23. The third-order valence-electron chi connectivity index (χ3n) is 3.83. The molecule has 7 heteroatoms. The van der Waals surface area contributed by atoms with E-state index < -0.39 is 17.8 Å². The second-order valence-electron chi connectivity index (χ2n) is 5.40. The summed E-state index contributed by atoms with van der Waals surface area (Å²) in [4.78, 5) is 13.6. The lowest BCUT2D eigenvalue weighted by Crippen LogP contribution is -2.41. The highest BCUT2D eigenvalue weighted by atomic mass is 19.4. The molecule has 1 aliphatic rings. The predicted molar refractivity (Wildman–Crippen MR) is 75.1 cm³/mol. The Morgan fingerprint density at radius 3 is 2.68 bits per heavy atom. The summed E-state index contributed by atoms with van der Waals surface area (Å²) in [7, 11) is 3.08. The minimum Gasteiger partial charge on any atom is -0.380 e. The number of rotatable bonds is 4. The number of hydrogen-bond acceptors (Lipinski definition) is 3. The fourth-order valence-electron chi connectivity index (χ4n) is 2.61. The number of hydrogen-bond donors (Lipinski definition) is 1. The molecule has 0 unspecified atom stereocenters. The van der Waals surface area contributed by atoms with Crippen LogP contribution in [0.2, 0.25) is 0 Å². The molecule has 2 atom stereocenters. The monoisotopic (exact) mass is 316 g/mol. The molecule has 0 bridgehead atoms. The average molecular weight is 316 g/mol. The van der Waals surface area contributed by atoms with Gasteiger partial charge in [-0.25, -0.2) is 0 Å². The molecule has 4 nitrogen and oxygen atoms in total. The first kappa shape index (κ1) is 16.8. The van der Waals surface area contributed by atoms with Gasteiger partial charge in [0.25, 0.3) is 0 Å². The summed E-state index contributed by atoms with van der Waals surface area (Å²) >= 11 is 0. The van der Waals surface area contributed by atoms with E-state index in [1.807, 2.05) is 0 Å². The number of carbonyl (C=O) groups excluding carboxylic acids is 1. The zero-order chi connectivity index (χ0) is 16.3. The van der Waals surface area contributed by atoms with E-state index in [-0.39, 0.29) is 24.1 Å². The highest BCUT2D eigenvalue weighted by Crippen LogP contribution is 2.32. The number of benzene rings is 1. The highest BCUT2D eigenvalue weighted by molar-refractivity contribution is 5.82. The summed E-state index contributed by atoms with van der Waals surface area (Å²) in [5.74, 6) is -0.225. The molecule has 1 saturated heterocycles. The second-order valence-corrected chi connectivity index (χ2v) is 5.40. The SMILES string of the molecule is CO[C@@H]1CN[C@H](C(=O)N(C)Cc2ccccc2C(F)(F)F)C1. The number of likely N-dealkylation sites (N-methyl/N-ethyl adjacent to an activating group) is 1. The van der Waals surface area contributed by atoms with Crippen molar-refractivity contribution in [2.75, 3.05) is 20.7 Å². The first-order valence-corrected chi connectivity index (χ1v) is 6.99. The van der Waals surface area contributed by atoms with Crippen LogP contribution in [0.4, 0.5) is 13.2 Å². The molecule has 0 spiro atoms. The molecule has 0 aliphatic carbocycles. The number of ether oxygens (including phenoxy) is 1. The molecule has 2 rings (SSSR count). The maximum atomic E-state index is 13.0. The smallest absolute Gasteiger partial charge is 0.380 e. The Labute approximate surface area is 127 Å². The van der Waals surface area contributed by atoms with E-state index in [9.17, 15) is 18.0 Å². The van der Waals surface area contributed by atoms with Gasteiger partial charge in [-0.3, -0.25) is 4.79 Å². The maximum absolute atomic E-state index is 13.0. The van der Waals surface area contributed by atoms with E-state index in [1.165, 1.54) is 30.1 Å². The normalized spacial score (nSPS) is 21.9. The molecular weight excluding hydrogens is 297 g/mol. The summed E-state index contributed by atoms with van der Waals surface area (Å²) in [6.45, 7) is 0.490. The minimum absolute atomic E-state index is 0.0372. The molecule has 122 valence electrons. The topological polar surface area (TPSA) is 41.6 Å². The molecule has 22 heavy (non-hydrogen) atoms. The Balaban J connectivity index is 2.06. The quantitative estimate of drug-likeness (QED) is 0.924. The number of methoxy groups -OCH3 is 1. The van der Waals surface area contributed by atoms with Crippen LogP contribution in [-0.4, -0.2) is 43.7 Å². The first-order valence-electron chi connectivity index (χ1n) is 6.99. The zero-order valence-corrected chi connectivity index (χ0v) is 12.5. The van der Waals surface area contributed by atoms with Gasteiger partial charge in [0.1, 0.15) is 0 Å². The second kappa shape index (κ2) is 6.66. The Morgan fingerprint density at radius 1 is 1.41 bits per heavy atom. The van der Waals surface area contributed by atoms with Gasteiger partial charge in [0.05, 0.1) is 17.7 Å². The maximum Gasteiger partial charge on any atom is 0.416 e. The summed E-state index contributed by atoms with van der Waals surface area (Å²) in [5.41, 5.74) is -0.615. The molecule has 1 aliphatic heterocycles. The van der Waals surface area contributed by atoms with E-state index in [1.54, 1.807) is 7.11 Å². The molecule has 0 saturated carbocycles. The van der Waals surface area contributed by atoms with Gasteiger partial charge in [0.15, 0.2) is 0 Å². The molecule has 1 heterocycles. The summed E-state index contributed by atoms with van der Waals surface area (Å²) in [5, 5.41) is 3.03. The van der Waals surface area contributed by atoms with Crippen molar-refractivity contribution < 1.29 is 22.7 Å². The summed E-state index contributed by atoms with van der Waals surface area (Å²) in [6, 6.07) is 4.90. The van der Waals surface area contributed by atoms with Gasteiger partial charge in [-0.2, -0.15) is 13.2 Å². The van der Waals surface area contributed by atoms with Gasteiger partial charge in [-0.15, -0.1) is 0 Å². The summed E-state index contributed by atoms with van der Waals surface area (Å²) < 4.78 is 44.1. The van der Waals surface area contributed by atoms with Crippen LogP contribution in [0, 0.1) is 0 Å². The number of nitrogens with one attached hydrogen (secondary N) is 1. The van der Waals surface area contributed by atoms with Crippen molar-refractivity contribution in [3.8, 4) is 0 Å². The van der Waals surface area contributed by atoms with Gasteiger partial charge < -0.3 is 15.0 Å². The van der Waals surface area contributed by atoms with Crippen LogP contribution < -0.4 is 5.32 Å². The third kappa shape index (κ3) is 3.78. The molecule has 1 fully saturated rings. The van der Waals surface area contributed by atoms with Crippen LogP contribution in [0.3, 0.4) is 0 Å². The molecule has 1 N–H and O–H groups in total. The Hall–Kier alpha value is -1.60. The molecular formula is C15H19F3N2O2. The number of halogens is 3. The number of amides is 1. The van der Waals surface area contributed by atoms with Crippen LogP contribution in [-0.2, 0) is 22.3 Å². The fourth-order valence-corrected chi connectivity index (χ4v) is 2.61. The van der Waals surface area contributed by atoms with Crippen molar-refractivity contribution in [2.45, 2.75) is 31.3 Å². The van der Waals surface area contributed by atoms with Crippen LogP contribution in [0.25, 0.3) is 0 Å². The van der Waals surface area contributed by atoms with Crippen LogP contribution >= 0.6 is 0 Å². The molecule has 1 aromatic carbocycles. The Kier molecular flexibility index (Phi) is 5.08. The Morgan fingerprint density at radius 2 is 2.09 bits per heavy atom. The van der Waals surface area contributed by atoms with E-state index in [2.05, 4.69) is 5.32 Å². The van der Waals surface area contributed by atoms with Crippen LogP contribution in [0.1, 0.15) is 17.5 Å². The zero-order valence-electron chi connectivity index (χ0n) is 12.5. The standard InChI is InChI=1S/C15H19F3N2O2/c1-20(14(21)13-7-11(22-2)8-19-13)9-10-5-3-4-6-12(10)15(16,17)18/h3-6,11,13,19H,7-9H2,1-2H3/t11-,13-/m0/s1. The minimum atomic E-state index is -4.42. The number of nitrogens with zero attached hydrogens (tertiary/aromatic N) is 1. The van der Waals surface area contributed by atoms with Crippen molar-refractivity contribution in [3.63, 3.8) is 0 Å². The fraction of sp³-hybridized carbons (Fsp3) is 0.533. The molecule has 1 aromatic rings. The number of carbonyl (C=O) groups is 1. The van der Waals surface area contributed by atoms with Crippen molar-refractivity contribution in [1.82, 2.24) is 10.2 Å². The average Bonchev–Trinajstić information content (AvgIpc) is 2.94. The Bertz CT molecular complexity index is 534. The first-order chi connectivity index (χ1) is 10.3. The van der Waals surface area contributed by atoms with Crippen molar-refractivity contribution in [1.29, 1.82) is 0 Å². The van der Waals surface area contributed by atoms with Gasteiger partial charge >= 0.3 is 6.18 Å². The van der Waals surface area contributed by atoms with Crippen LogP contribution in [0.5, 0.6) is 0 Å². The van der Waals surface area contributed by atoms with Crippen molar-refractivity contribution in [3.05, 3.63) is 35.4 Å². The van der Waals surface area contributed by atoms with Crippen molar-refractivity contribution in [2.24, 2.45) is 0 Å². The largest absolute Gasteiger partial charge is 0.416 e. The lowest BCUT2D eigenvalue weighted by molar-refractivity contribution is -0.139. The summed E-state index contributed by atoms with van der Waals surface area (Å²) in [6.07, 6.45) is -3.93. The van der Waals surface area contributed by atoms with Crippen LogP contribution in [0.15, 0.2) is 24.3 Å². The molecule has 0 radical (unpaired) electrons. The van der Waals surface area contributed by atoms with Gasteiger partial charge in [0, 0.05) is 27.2 Å². The van der Waals surface area contributed by atoms with E-state index in [0.717, 1.165) is 6.07 Å². The van der Waals surface area contributed by atoms with E-state index in [4.69, 9.17) is 4.74 Å². The molecule has 0 aromatic heterocycles. The highest BCUT2D eigenvalue weighted by Gasteiger charge is 2.35. The predicted octanol–water partition coefficient (Wildman–Crippen LogP) is 2.04. The van der Waals surface area contributed by atoms with Crippen molar-refractivity contribution >= 4 is 5.91 Å². The van der Waals surface area contributed by atoms with E-state index >= 15 is 0 Å². The van der Waals surface area contributed by atoms with Gasteiger partial charge in [-0.05, 0) is 18.1 Å².